The van der Waals surface area contributed by atoms with Crippen molar-refractivity contribution >= 4 is 28.3 Å². The maximum Gasteiger partial charge on any atom is 0.0478 e. The molecule has 0 spiro atoms. The lowest BCUT2D eigenvalue weighted by Crippen LogP contribution is -2.04. The Bertz CT molecular complexity index is 294. The van der Waals surface area contributed by atoms with Gasteiger partial charge in [-0.1, -0.05) is 31.2 Å². The minimum absolute atomic E-state index is 0.872. The van der Waals surface area contributed by atoms with Crippen LogP contribution in [0.1, 0.15) is 13.3 Å². The number of para-hydroxylation sites is 1. The van der Waals surface area contributed by atoms with E-state index in [0.717, 1.165) is 13.0 Å². The Labute approximate surface area is 93.4 Å². The summed E-state index contributed by atoms with van der Waals surface area (Å²) in [4.78, 5) is 0. The Kier molecular flexibility index (Phi) is 4.28. The van der Waals surface area contributed by atoms with Crippen molar-refractivity contribution in [3.8, 4) is 0 Å². The molecule has 0 aliphatic heterocycles. The highest BCUT2D eigenvalue weighted by molar-refractivity contribution is 14.1. The quantitative estimate of drug-likeness (QED) is 0.658. The first kappa shape index (κ1) is 10.6. The Morgan fingerprint density at radius 1 is 1.46 bits per heavy atom. The molecule has 1 N–H and O–H groups in total. The van der Waals surface area contributed by atoms with Gasteiger partial charge in [0.25, 0.3) is 0 Å². The molecule has 0 aliphatic rings. The molecule has 0 aromatic heterocycles. The molecular formula is C11H14IN. The van der Waals surface area contributed by atoms with E-state index in [9.17, 15) is 0 Å². The number of nitrogens with one attached hydrogen (secondary N) is 1. The predicted molar refractivity (Wildman–Crippen MR) is 67.1 cm³/mol. The molecule has 0 unspecified atom stereocenters. The average Bonchev–Trinajstić information content (AvgIpc) is 2.16. The molecule has 1 rings (SSSR count). The van der Waals surface area contributed by atoms with Crippen molar-refractivity contribution in [1.82, 2.24) is 0 Å². The summed E-state index contributed by atoms with van der Waals surface area (Å²) in [5, 5.41) is 3.36. The van der Waals surface area contributed by atoms with Gasteiger partial charge in [-0.3, -0.25) is 0 Å². The molecule has 0 radical (unpaired) electrons. The van der Waals surface area contributed by atoms with Crippen molar-refractivity contribution in [2.75, 3.05) is 11.9 Å². The first-order chi connectivity index (χ1) is 6.24. The molecule has 0 aliphatic carbocycles. The molecule has 0 fully saturated rings. The molecule has 0 saturated carbocycles. The number of rotatable bonds is 4. The van der Waals surface area contributed by atoms with Crippen LogP contribution in [0.5, 0.6) is 0 Å². The fourth-order valence-electron chi connectivity index (χ4n) is 0.950. The van der Waals surface area contributed by atoms with Crippen molar-refractivity contribution in [2.24, 2.45) is 0 Å². The highest BCUT2D eigenvalue weighted by atomic mass is 127. The van der Waals surface area contributed by atoms with Crippen molar-refractivity contribution in [3.05, 3.63) is 40.0 Å². The van der Waals surface area contributed by atoms with E-state index >= 15 is 0 Å². The topological polar surface area (TPSA) is 12.0 Å². The van der Waals surface area contributed by atoms with Crippen molar-refractivity contribution < 1.29 is 0 Å². The zero-order valence-electron chi connectivity index (χ0n) is 7.81. The first-order valence-electron chi connectivity index (χ1n) is 4.39. The highest BCUT2D eigenvalue weighted by Gasteiger charge is 1.96. The van der Waals surface area contributed by atoms with Gasteiger partial charge in [-0.25, -0.2) is 0 Å². The van der Waals surface area contributed by atoms with Crippen LogP contribution in [0.25, 0.3) is 0 Å². The van der Waals surface area contributed by atoms with Crippen molar-refractivity contribution in [2.45, 2.75) is 13.3 Å². The molecule has 0 atom stereocenters. The molecule has 70 valence electrons. The summed E-state index contributed by atoms with van der Waals surface area (Å²) in [6, 6.07) is 8.27. The van der Waals surface area contributed by atoms with Gasteiger partial charge in [-0.15, -0.1) is 0 Å². The van der Waals surface area contributed by atoms with Crippen LogP contribution in [0.3, 0.4) is 0 Å². The number of benzene rings is 1. The van der Waals surface area contributed by atoms with Gasteiger partial charge < -0.3 is 5.32 Å². The lowest BCUT2D eigenvalue weighted by atomic mass is 10.2. The van der Waals surface area contributed by atoms with E-state index in [1.54, 1.807) is 0 Å². The molecule has 1 nitrogen and oxygen atoms in total. The van der Waals surface area contributed by atoms with Crippen LogP contribution < -0.4 is 5.32 Å². The fraction of sp³-hybridized carbons (Fsp3) is 0.273. The van der Waals surface area contributed by atoms with Crippen LogP contribution in [-0.4, -0.2) is 6.54 Å². The lowest BCUT2D eigenvalue weighted by Gasteiger charge is -2.08. The van der Waals surface area contributed by atoms with Gasteiger partial charge in [0.05, 0.1) is 0 Å². The summed E-state index contributed by atoms with van der Waals surface area (Å²) in [6.45, 7) is 6.95. The minimum Gasteiger partial charge on any atom is -0.380 e. The SMILES string of the molecule is C=C(CC)CNc1ccccc1I. The summed E-state index contributed by atoms with van der Waals surface area (Å²) < 4.78 is 1.25. The van der Waals surface area contributed by atoms with Crippen LogP contribution >= 0.6 is 22.6 Å². The second kappa shape index (κ2) is 5.27. The second-order valence-corrected chi connectivity index (χ2v) is 4.10. The Hall–Kier alpha value is -0.510. The maximum atomic E-state index is 3.95. The van der Waals surface area contributed by atoms with Gasteiger partial charge in [0.15, 0.2) is 0 Å². The molecule has 2 heteroatoms. The fourth-order valence-corrected chi connectivity index (χ4v) is 1.53. The van der Waals surface area contributed by atoms with E-state index in [-0.39, 0.29) is 0 Å². The van der Waals surface area contributed by atoms with Crippen LogP contribution in [-0.2, 0) is 0 Å². The van der Waals surface area contributed by atoms with Gasteiger partial charge >= 0.3 is 0 Å². The van der Waals surface area contributed by atoms with Gasteiger partial charge in [0.2, 0.25) is 0 Å². The van der Waals surface area contributed by atoms with E-state index < -0.39 is 0 Å². The van der Waals surface area contributed by atoms with Crippen molar-refractivity contribution in [3.63, 3.8) is 0 Å². The number of hydrogen-bond donors (Lipinski definition) is 1. The highest BCUT2D eigenvalue weighted by Crippen LogP contribution is 2.17. The van der Waals surface area contributed by atoms with Crippen LogP contribution in [0.2, 0.25) is 0 Å². The normalized spacial score (nSPS) is 9.69. The summed E-state index contributed by atoms with van der Waals surface area (Å²) in [7, 11) is 0. The molecule has 0 heterocycles. The zero-order valence-corrected chi connectivity index (χ0v) is 9.97. The minimum atomic E-state index is 0.872. The van der Waals surface area contributed by atoms with E-state index in [1.165, 1.54) is 14.8 Å². The number of anilines is 1. The van der Waals surface area contributed by atoms with Crippen LogP contribution in [0.4, 0.5) is 5.69 Å². The third kappa shape index (κ3) is 3.38. The largest absolute Gasteiger partial charge is 0.380 e. The van der Waals surface area contributed by atoms with Crippen molar-refractivity contribution in [1.29, 1.82) is 0 Å². The zero-order chi connectivity index (χ0) is 9.68. The lowest BCUT2D eigenvalue weighted by molar-refractivity contribution is 1.05. The Morgan fingerprint density at radius 3 is 2.77 bits per heavy atom. The number of hydrogen-bond acceptors (Lipinski definition) is 1. The summed E-state index contributed by atoms with van der Waals surface area (Å²) in [5.41, 5.74) is 2.43. The number of halogens is 1. The smallest absolute Gasteiger partial charge is 0.0478 e. The van der Waals surface area contributed by atoms with E-state index in [0.29, 0.717) is 0 Å². The summed E-state index contributed by atoms with van der Waals surface area (Å²) in [6.07, 6.45) is 1.04. The standard InChI is InChI=1S/C11H14IN/c1-3-9(2)8-13-11-7-5-4-6-10(11)12/h4-7,13H,2-3,8H2,1H3. The molecule has 1 aromatic carbocycles. The Morgan fingerprint density at radius 2 is 2.15 bits per heavy atom. The molecule has 0 bridgehead atoms. The third-order valence-corrected chi connectivity index (χ3v) is 2.84. The third-order valence-electron chi connectivity index (χ3n) is 1.90. The second-order valence-electron chi connectivity index (χ2n) is 2.94. The van der Waals surface area contributed by atoms with E-state index in [4.69, 9.17) is 0 Å². The monoisotopic (exact) mass is 287 g/mol. The van der Waals surface area contributed by atoms with Gasteiger partial charge in [0, 0.05) is 15.8 Å². The molecule has 0 amide bonds. The first-order valence-corrected chi connectivity index (χ1v) is 5.47. The van der Waals surface area contributed by atoms with Gasteiger partial charge in [0.1, 0.15) is 0 Å². The van der Waals surface area contributed by atoms with Gasteiger partial charge in [-0.2, -0.15) is 0 Å². The van der Waals surface area contributed by atoms with Crippen LogP contribution in [0.15, 0.2) is 36.4 Å². The molecule has 13 heavy (non-hydrogen) atoms. The average molecular weight is 287 g/mol. The summed E-state index contributed by atoms with van der Waals surface area (Å²) >= 11 is 2.33. The molecule has 1 aromatic rings. The Balaban J connectivity index is 2.54. The molecule has 0 saturated heterocycles. The van der Waals surface area contributed by atoms with E-state index in [1.807, 2.05) is 12.1 Å². The maximum absolute atomic E-state index is 3.95. The predicted octanol–water partition coefficient (Wildman–Crippen LogP) is 3.67. The van der Waals surface area contributed by atoms with Gasteiger partial charge in [-0.05, 0) is 41.1 Å². The van der Waals surface area contributed by atoms with Crippen LogP contribution in [0, 0.1) is 3.57 Å². The molecular weight excluding hydrogens is 273 g/mol. The van der Waals surface area contributed by atoms with E-state index in [2.05, 4.69) is 53.5 Å². The summed E-state index contributed by atoms with van der Waals surface area (Å²) in [5.74, 6) is 0.